The van der Waals surface area contributed by atoms with Gasteiger partial charge in [0.25, 0.3) is 5.91 Å². The fraction of sp³-hybridized carbons (Fsp3) is 0.320. The Labute approximate surface area is 217 Å². The number of aromatic nitrogens is 4. The molecule has 13 heteroatoms. The lowest BCUT2D eigenvalue weighted by molar-refractivity contribution is 0.0762. The predicted molar refractivity (Wildman–Crippen MR) is 136 cm³/mol. The molecule has 1 fully saturated rings. The van der Waals surface area contributed by atoms with Crippen molar-refractivity contribution in [2.24, 2.45) is 7.05 Å². The van der Waals surface area contributed by atoms with Crippen LogP contribution in [0.2, 0.25) is 0 Å². The van der Waals surface area contributed by atoms with Crippen molar-refractivity contribution in [3.05, 3.63) is 59.2 Å². The number of nitriles is 1. The van der Waals surface area contributed by atoms with Crippen molar-refractivity contribution in [1.29, 1.82) is 5.26 Å². The highest BCUT2D eigenvalue weighted by Gasteiger charge is 2.57. The maximum absolute atomic E-state index is 13.5. The molecule has 38 heavy (non-hydrogen) atoms. The van der Waals surface area contributed by atoms with Gasteiger partial charge in [0.15, 0.2) is 6.29 Å². The molecule has 3 amide bonds. The number of hydrogen-bond acceptors (Lipinski definition) is 9. The summed E-state index contributed by atoms with van der Waals surface area (Å²) in [7, 11) is 3.30. The molecule has 2 aliphatic heterocycles. The van der Waals surface area contributed by atoms with Crippen molar-refractivity contribution >= 4 is 35.5 Å². The number of carbonyl (C=O) groups excluding carboxylic acids is 3. The first-order chi connectivity index (χ1) is 18.4. The Morgan fingerprint density at radius 3 is 2.82 bits per heavy atom. The third-order valence-electron chi connectivity index (χ3n) is 6.71. The number of nitrogens with one attached hydrogen (secondary N) is 3. The van der Waals surface area contributed by atoms with Crippen LogP contribution in [0.5, 0.6) is 0 Å². The second-order valence-corrected chi connectivity index (χ2v) is 9.17. The normalized spacial score (nSPS) is 19.0. The maximum Gasteiger partial charge on any atom is 0.328 e. The van der Waals surface area contributed by atoms with Gasteiger partial charge in [0.2, 0.25) is 0 Å². The van der Waals surface area contributed by atoms with E-state index in [0.29, 0.717) is 60.5 Å². The van der Waals surface area contributed by atoms with E-state index in [1.807, 2.05) is 0 Å². The Kier molecular flexibility index (Phi) is 6.48. The Bertz CT molecular complexity index is 1460. The van der Waals surface area contributed by atoms with Crippen molar-refractivity contribution in [2.45, 2.75) is 24.4 Å². The first-order valence-corrected chi connectivity index (χ1v) is 11.9. The molecule has 3 aromatic heterocycles. The Balaban J connectivity index is 1.41. The highest BCUT2D eigenvalue weighted by molar-refractivity contribution is 6.03. The molecule has 2 bridgehead atoms. The Morgan fingerprint density at radius 1 is 1.32 bits per heavy atom. The molecule has 0 aromatic carbocycles. The molecule has 0 unspecified atom stereocenters. The average Bonchev–Trinajstić information content (AvgIpc) is 3.34. The summed E-state index contributed by atoms with van der Waals surface area (Å²) in [6.45, 7) is 0.903. The molecule has 3 N–H and O–H groups in total. The zero-order valence-electron chi connectivity index (χ0n) is 20.8. The van der Waals surface area contributed by atoms with E-state index >= 15 is 0 Å². The van der Waals surface area contributed by atoms with Gasteiger partial charge in [-0.15, -0.1) is 0 Å². The number of ether oxygens (including phenoxy) is 1. The van der Waals surface area contributed by atoms with Gasteiger partial charge in [-0.25, -0.2) is 14.8 Å². The van der Waals surface area contributed by atoms with E-state index in [9.17, 15) is 19.6 Å². The number of rotatable bonds is 8. The van der Waals surface area contributed by atoms with E-state index < -0.39 is 11.6 Å². The van der Waals surface area contributed by atoms with Gasteiger partial charge in [-0.05, 0) is 18.9 Å². The molecule has 0 spiro atoms. The fourth-order valence-electron chi connectivity index (χ4n) is 4.88. The van der Waals surface area contributed by atoms with E-state index in [0.717, 1.165) is 0 Å². The SMILES string of the molecule is COCCNc1cc(NC(=O)N2c3nc(C=O)ccc3C3(NC(=O)c4cnn(C)c4)CC2C3)ncc1C#N. The third kappa shape index (κ3) is 4.41. The van der Waals surface area contributed by atoms with E-state index in [-0.39, 0.29) is 23.5 Å². The number of carbonyl (C=O) groups is 3. The van der Waals surface area contributed by atoms with Crippen LogP contribution in [-0.4, -0.2) is 64.3 Å². The van der Waals surface area contributed by atoms with Crippen LogP contribution in [0.4, 0.5) is 22.1 Å². The minimum atomic E-state index is -0.719. The molecule has 0 radical (unpaired) electrons. The summed E-state index contributed by atoms with van der Waals surface area (Å²) in [4.78, 5) is 48.0. The quantitative estimate of drug-likeness (QED) is 0.299. The molecular weight excluding hydrogens is 490 g/mol. The molecule has 6 rings (SSSR count). The number of urea groups is 1. The largest absolute Gasteiger partial charge is 0.383 e. The van der Waals surface area contributed by atoms with Crippen molar-refractivity contribution in [2.75, 3.05) is 35.8 Å². The minimum absolute atomic E-state index is 0.165. The summed E-state index contributed by atoms with van der Waals surface area (Å²) in [5.74, 6) is 0.256. The van der Waals surface area contributed by atoms with Gasteiger partial charge in [0.05, 0.1) is 35.2 Å². The molecule has 3 aliphatic rings. The average molecular weight is 516 g/mol. The maximum atomic E-state index is 13.5. The minimum Gasteiger partial charge on any atom is -0.383 e. The number of amides is 3. The second-order valence-electron chi connectivity index (χ2n) is 9.17. The highest BCUT2D eigenvalue weighted by Crippen LogP contribution is 2.53. The number of pyridine rings is 2. The summed E-state index contributed by atoms with van der Waals surface area (Å²) < 4.78 is 6.58. The molecule has 194 valence electrons. The fourth-order valence-corrected chi connectivity index (χ4v) is 4.88. The molecule has 3 aromatic rings. The number of methoxy groups -OCH3 is 1. The van der Waals surface area contributed by atoms with Gasteiger partial charge >= 0.3 is 6.03 Å². The monoisotopic (exact) mass is 515 g/mol. The smallest absolute Gasteiger partial charge is 0.328 e. The summed E-state index contributed by atoms with van der Waals surface area (Å²) in [6, 6.07) is 6.19. The van der Waals surface area contributed by atoms with Gasteiger partial charge in [-0.3, -0.25) is 24.5 Å². The number of hydrogen-bond donors (Lipinski definition) is 3. The third-order valence-corrected chi connectivity index (χ3v) is 6.71. The van der Waals surface area contributed by atoms with Gasteiger partial charge in [0.1, 0.15) is 23.4 Å². The molecule has 0 saturated heterocycles. The van der Waals surface area contributed by atoms with Crippen LogP contribution < -0.4 is 20.9 Å². The molecule has 0 atom stereocenters. The van der Waals surface area contributed by atoms with Crippen LogP contribution >= 0.6 is 0 Å². The lowest BCUT2D eigenvalue weighted by Crippen LogP contribution is -2.67. The number of aldehydes is 1. The molecule has 1 saturated carbocycles. The summed E-state index contributed by atoms with van der Waals surface area (Å²) >= 11 is 0. The van der Waals surface area contributed by atoms with Crippen molar-refractivity contribution in [1.82, 2.24) is 25.1 Å². The molecule has 5 heterocycles. The van der Waals surface area contributed by atoms with Crippen LogP contribution in [0.3, 0.4) is 0 Å². The van der Waals surface area contributed by atoms with Gasteiger partial charge < -0.3 is 15.4 Å². The standard InChI is InChI=1S/C25H25N9O4/c1-33-13-16(12-29-33)23(36)32-25-8-18(9-25)34(22-19(25)4-3-17(14-35)30-22)24(37)31-21-7-20(27-5-6-38-2)15(10-26)11-28-21/h3-4,7,11-14,18H,5-6,8-9H2,1-2H3,(H,32,36)(H2,27,28,31,37). The van der Waals surface area contributed by atoms with Gasteiger partial charge in [-0.1, -0.05) is 6.07 Å². The van der Waals surface area contributed by atoms with E-state index in [4.69, 9.17) is 4.74 Å². The van der Waals surface area contributed by atoms with Crippen LogP contribution in [0, 0.1) is 11.3 Å². The van der Waals surface area contributed by atoms with Crippen LogP contribution in [0.1, 0.15) is 44.8 Å². The zero-order chi connectivity index (χ0) is 26.9. The summed E-state index contributed by atoms with van der Waals surface area (Å²) in [5, 5.41) is 22.4. The van der Waals surface area contributed by atoms with Crippen LogP contribution in [0.15, 0.2) is 36.8 Å². The molecular formula is C25H25N9O4. The van der Waals surface area contributed by atoms with E-state index in [2.05, 4.69) is 37.1 Å². The first kappa shape index (κ1) is 24.8. The highest BCUT2D eigenvalue weighted by atomic mass is 16.5. The Hall–Kier alpha value is -4.83. The topological polar surface area (TPSA) is 167 Å². The van der Waals surface area contributed by atoms with Crippen molar-refractivity contribution < 1.29 is 19.1 Å². The first-order valence-electron chi connectivity index (χ1n) is 11.9. The van der Waals surface area contributed by atoms with Crippen LogP contribution in [-0.2, 0) is 17.3 Å². The summed E-state index contributed by atoms with van der Waals surface area (Å²) in [6.07, 6.45) is 6.06. The predicted octanol–water partition coefficient (Wildman–Crippen LogP) is 1.79. The van der Waals surface area contributed by atoms with Crippen LogP contribution in [0.25, 0.3) is 0 Å². The second kappa shape index (κ2) is 9.91. The Morgan fingerprint density at radius 2 is 2.13 bits per heavy atom. The van der Waals surface area contributed by atoms with Crippen molar-refractivity contribution in [3.8, 4) is 6.07 Å². The number of nitrogens with zero attached hydrogens (tertiary/aromatic N) is 6. The lowest BCUT2D eigenvalue weighted by Gasteiger charge is -2.57. The zero-order valence-corrected chi connectivity index (χ0v) is 20.8. The van der Waals surface area contributed by atoms with E-state index in [1.165, 1.54) is 17.3 Å². The number of anilines is 3. The van der Waals surface area contributed by atoms with E-state index in [1.54, 1.807) is 43.2 Å². The van der Waals surface area contributed by atoms with Gasteiger partial charge in [-0.2, -0.15) is 10.4 Å². The number of aryl methyl sites for hydroxylation is 1. The van der Waals surface area contributed by atoms with Crippen molar-refractivity contribution in [3.63, 3.8) is 0 Å². The lowest BCUT2D eigenvalue weighted by atomic mass is 9.64. The summed E-state index contributed by atoms with van der Waals surface area (Å²) in [5.41, 5.74) is 1.35. The van der Waals surface area contributed by atoms with Gasteiger partial charge in [0, 0.05) is 50.8 Å². The molecule has 13 nitrogen and oxygen atoms in total. The molecule has 1 aliphatic carbocycles.